The van der Waals surface area contributed by atoms with Crippen LogP contribution >= 0.6 is 0 Å². The minimum Gasteiger partial charge on any atom is -0.511 e. The third-order valence-corrected chi connectivity index (χ3v) is 21.0. The molecule has 0 spiro atoms. The van der Waals surface area contributed by atoms with Crippen LogP contribution in [0.3, 0.4) is 0 Å². The fourth-order valence-electron chi connectivity index (χ4n) is 14.8. The summed E-state index contributed by atoms with van der Waals surface area (Å²) in [7, 11) is 0. The van der Waals surface area contributed by atoms with Crippen LogP contribution in [0.5, 0.6) is 23.0 Å². The number of fused-ring (bicyclic) bond motifs is 6. The van der Waals surface area contributed by atoms with Crippen LogP contribution in [-0.2, 0) is 23.7 Å². The lowest BCUT2D eigenvalue weighted by atomic mass is 9.69. The molecule has 0 radical (unpaired) electrons. The number of Topliss-reactive ketones (excluding diaryl/α,β-unsaturated/α-hetero) is 2. The van der Waals surface area contributed by atoms with E-state index in [9.17, 15) is 59.4 Å². The van der Waals surface area contributed by atoms with Crippen molar-refractivity contribution in [2.45, 2.75) is 119 Å². The van der Waals surface area contributed by atoms with Crippen molar-refractivity contribution in [3.05, 3.63) is 319 Å². The summed E-state index contributed by atoms with van der Waals surface area (Å²) in [5.74, 6) is -7.15. The summed E-state index contributed by atoms with van der Waals surface area (Å²) in [6, 6.07) is 62.7. The first-order valence-electron chi connectivity index (χ1n) is 38.3. The molecule has 4 aliphatic carbocycles. The number of aliphatic hydroxyl groups excluding tert-OH is 2. The van der Waals surface area contributed by atoms with Crippen LogP contribution in [0.25, 0.3) is 0 Å². The SMILES string of the molecule is CC(C)(C)c1ccc(Nc2ccc(Nc3ccc(C(C)(C)C)cc3)c3c2C(=O)c2c(O)ccc(O)c2C3=O)cc1.CCCCc1ccc(Nc2ccc(Nc3ccc(CCCC)cc3)c3c2C(=O)c2c(O)ccc(O)c2C3=O)cc1.Cc1cccc(Nc2ccc(Nc3cccc(C)c3)c3c2C(=O)C2C(O)=CC=C(O)C2C3=O)c1. The van der Waals surface area contributed by atoms with Crippen molar-refractivity contribution >= 4 is 103 Å². The van der Waals surface area contributed by atoms with Crippen molar-refractivity contribution in [3.63, 3.8) is 0 Å². The van der Waals surface area contributed by atoms with E-state index in [0.29, 0.717) is 34.1 Å². The number of allylic oxidation sites excluding steroid dienone is 4. The molecule has 0 amide bonds. The van der Waals surface area contributed by atoms with Gasteiger partial charge < -0.3 is 62.5 Å². The number of hydrogen-bond donors (Lipinski definition) is 12. The van der Waals surface area contributed by atoms with Gasteiger partial charge in [-0.2, -0.15) is 0 Å². The Balaban J connectivity index is 0.000000150. The Morgan fingerprint density at radius 2 is 0.553 bits per heavy atom. The molecule has 4 aliphatic rings. The number of aromatic hydroxyl groups is 4. The van der Waals surface area contributed by atoms with Gasteiger partial charge in [-0.1, -0.05) is 141 Å². The first-order chi connectivity index (χ1) is 54.5. The number of unbranched alkanes of at least 4 members (excludes halogenated alkanes) is 2. The second-order valence-electron chi connectivity index (χ2n) is 31.4. The highest BCUT2D eigenvalue weighted by Crippen LogP contribution is 2.49. The van der Waals surface area contributed by atoms with E-state index in [1.54, 1.807) is 36.4 Å². The lowest BCUT2D eigenvalue weighted by Gasteiger charge is -2.34. The molecule has 578 valence electrons. The molecule has 2 atom stereocenters. The second-order valence-corrected chi connectivity index (χ2v) is 31.4. The van der Waals surface area contributed by atoms with E-state index in [2.05, 4.69) is 112 Å². The summed E-state index contributed by atoms with van der Waals surface area (Å²) < 4.78 is 0. The largest absolute Gasteiger partial charge is 0.511 e. The Labute approximate surface area is 663 Å². The quantitative estimate of drug-likeness (QED) is 0.0355. The number of rotatable bonds is 18. The Morgan fingerprint density at radius 3 is 0.807 bits per heavy atom. The summed E-state index contributed by atoms with van der Waals surface area (Å²) in [6.07, 6.45) is 9.01. The van der Waals surface area contributed by atoms with Crippen molar-refractivity contribution in [3.8, 4) is 23.0 Å². The Morgan fingerprint density at radius 1 is 0.298 bits per heavy atom. The van der Waals surface area contributed by atoms with E-state index in [0.717, 1.165) is 94.9 Å². The molecule has 114 heavy (non-hydrogen) atoms. The summed E-state index contributed by atoms with van der Waals surface area (Å²) in [6.45, 7) is 21.1. The zero-order valence-electron chi connectivity index (χ0n) is 65.3. The molecule has 15 rings (SSSR count). The molecule has 0 bridgehead atoms. The van der Waals surface area contributed by atoms with Crippen molar-refractivity contribution in [2.24, 2.45) is 11.8 Å². The van der Waals surface area contributed by atoms with Gasteiger partial charge >= 0.3 is 0 Å². The predicted molar refractivity (Wildman–Crippen MR) is 452 cm³/mol. The summed E-state index contributed by atoms with van der Waals surface area (Å²) in [5.41, 5.74) is 14.3. The fourth-order valence-corrected chi connectivity index (χ4v) is 14.8. The van der Waals surface area contributed by atoms with Crippen LogP contribution in [0, 0.1) is 25.7 Å². The van der Waals surface area contributed by atoms with Gasteiger partial charge in [-0.05, 0) is 229 Å². The van der Waals surface area contributed by atoms with E-state index >= 15 is 0 Å². The number of carbonyl (C=O) groups excluding carboxylic acids is 6. The Hall–Kier alpha value is -13.5. The molecule has 12 N–H and O–H groups in total. The third kappa shape index (κ3) is 16.2. The maximum Gasteiger partial charge on any atom is 0.200 e. The van der Waals surface area contributed by atoms with Crippen molar-refractivity contribution in [1.82, 2.24) is 0 Å². The number of ketones is 6. The highest BCUT2D eigenvalue weighted by atomic mass is 16.3. The molecular formula is C96H92N6O12. The minimum absolute atomic E-state index is 0.0122. The number of nitrogens with one attached hydrogen (secondary N) is 6. The van der Waals surface area contributed by atoms with E-state index in [4.69, 9.17) is 0 Å². The highest BCUT2D eigenvalue weighted by Gasteiger charge is 2.49. The molecule has 0 saturated carbocycles. The van der Waals surface area contributed by atoms with Gasteiger partial charge in [-0.25, -0.2) is 0 Å². The van der Waals surface area contributed by atoms with Gasteiger partial charge in [0.1, 0.15) is 34.5 Å². The molecule has 0 heterocycles. The number of aliphatic hydroxyl groups is 2. The first kappa shape index (κ1) is 78.6. The average Bonchev–Trinajstić information content (AvgIpc) is 0.739. The van der Waals surface area contributed by atoms with Gasteiger partial charge in [-0.15, -0.1) is 0 Å². The Kier molecular flexibility index (Phi) is 22.4. The predicted octanol–water partition coefficient (Wildman–Crippen LogP) is 22.3. The molecule has 18 nitrogen and oxygen atoms in total. The lowest BCUT2D eigenvalue weighted by Crippen LogP contribution is -2.40. The average molecular weight is 1520 g/mol. The van der Waals surface area contributed by atoms with Crippen molar-refractivity contribution < 1.29 is 59.4 Å². The minimum atomic E-state index is -1.16. The maximum absolute atomic E-state index is 13.9. The van der Waals surface area contributed by atoms with Crippen LogP contribution in [0.2, 0.25) is 0 Å². The number of phenols is 4. The zero-order chi connectivity index (χ0) is 81.2. The van der Waals surface area contributed by atoms with Gasteiger partial charge in [0.05, 0.1) is 102 Å². The molecule has 0 fully saturated rings. The summed E-state index contributed by atoms with van der Waals surface area (Å²) >= 11 is 0. The number of carbonyl (C=O) groups is 6. The number of hydrogen-bond acceptors (Lipinski definition) is 18. The van der Waals surface area contributed by atoms with E-state index < -0.39 is 46.5 Å². The molecular weight excluding hydrogens is 1430 g/mol. The third-order valence-electron chi connectivity index (χ3n) is 21.0. The smallest absolute Gasteiger partial charge is 0.200 e. The topological polar surface area (TPSA) is 296 Å². The summed E-state index contributed by atoms with van der Waals surface area (Å²) in [4.78, 5) is 83.0. The molecule has 0 aromatic heterocycles. The van der Waals surface area contributed by atoms with Crippen molar-refractivity contribution in [2.75, 3.05) is 31.9 Å². The molecule has 11 aromatic carbocycles. The van der Waals surface area contributed by atoms with E-state index in [-0.39, 0.29) is 101 Å². The molecule has 2 unspecified atom stereocenters. The van der Waals surface area contributed by atoms with Crippen LogP contribution in [0.1, 0.15) is 199 Å². The molecule has 18 heteroatoms. The fraction of sp³-hybridized carbons (Fsp3) is 0.208. The maximum atomic E-state index is 13.9. The monoisotopic (exact) mass is 1520 g/mol. The van der Waals surface area contributed by atoms with Crippen LogP contribution in [-0.4, -0.2) is 65.3 Å². The molecule has 0 aliphatic heterocycles. The van der Waals surface area contributed by atoms with Crippen molar-refractivity contribution in [1.29, 1.82) is 0 Å². The van der Waals surface area contributed by atoms with Gasteiger partial charge in [0.15, 0.2) is 11.6 Å². The van der Waals surface area contributed by atoms with Crippen LogP contribution in [0.15, 0.2) is 230 Å². The van der Waals surface area contributed by atoms with E-state index in [1.807, 2.05) is 135 Å². The second kappa shape index (κ2) is 32.5. The highest BCUT2D eigenvalue weighted by molar-refractivity contribution is 6.35. The first-order valence-corrected chi connectivity index (χ1v) is 38.3. The van der Waals surface area contributed by atoms with Gasteiger partial charge in [0, 0.05) is 34.1 Å². The van der Waals surface area contributed by atoms with Crippen LogP contribution in [0.4, 0.5) is 68.2 Å². The zero-order valence-corrected chi connectivity index (χ0v) is 65.3. The number of aryl methyl sites for hydroxylation is 4. The van der Waals surface area contributed by atoms with Gasteiger partial charge in [0.25, 0.3) is 0 Å². The number of anilines is 12. The van der Waals surface area contributed by atoms with E-state index in [1.165, 1.54) is 47.5 Å². The van der Waals surface area contributed by atoms with Gasteiger partial charge in [-0.3, -0.25) is 28.8 Å². The van der Waals surface area contributed by atoms with Gasteiger partial charge in [0.2, 0.25) is 23.1 Å². The normalized spacial score (nSPS) is 14.5. The lowest BCUT2D eigenvalue weighted by molar-refractivity contribution is 0.0710. The standard InChI is InChI=1S/2C34H34N2O4.C28H24N2O4/c1-33(2,3)19-7-11-21(12-8-19)35-23-15-16-24(36-22-13-9-20(10-14-22)34(4,5)6)28-27(23)31(39)29-25(37)17-18-26(38)30(29)32(28)40;1-3-5-7-21-9-13-23(14-10-21)35-25-17-18-26(36-24-15-11-22(12-16-24)8-6-4-2)30-29(25)33(39)31-27(37)19-20-28(38)32(31)34(30)40;1-15-5-3-7-17(13-15)29-19-9-10-20(30-18-8-4-6-16(2)14-18)24-23(19)27(33)25-21(31)11-12-22(32)26(25)28(24)34/h7-18,35-38H,1-6H3;9-20,35-38H,3-8H2,1-2H3;3-14,25-26,29-32H,1-2H3. The van der Waals surface area contributed by atoms with Crippen LogP contribution < -0.4 is 31.9 Å². The number of phenolic OH excluding ortho intramolecular Hbond substituents is 4. The Bertz CT molecular complexity index is 5360. The molecule has 0 saturated heterocycles. The summed E-state index contributed by atoms with van der Waals surface area (Å²) in [5, 5.41) is 82.9. The molecule has 11 aromatic rings. The number of benzene rings is 11.